The lowest BCUT2D eigenvalue weighted by Gasteiger charge is -2.30. The molecule has 0 aromatic heterocycles. The Morgan fingerprint density at radius 3 is 2.10 bits per heavy atom. The Labute approximate surface area is 252 Å². The second kappa shape index (κ2) is 13.6. The van der Waals surface area contributed by atoms with Crippen molar-refractivity contribution in [1.82, 2.24) is 10.6 Å². The average molecular weight is 603 g/mol. The number of rotatable bonds is 12. The van der Waals surface area contributed by atoms with Crippen LogP contribution in [0.2, 0.25) is 5.02 Å². The molecule has 4 aromatic carbocycles. The van der Waals surface area contributed by atoms with Gasteiger partial charge in [-0.3, -0.25) is 9.59 Å². The molecule has 1 aliphatic rings. The Kier molecular flexibility index (Phi) is 9.69. The summed E-state index contributed by atoms with van der Waals surface area (Å²) >= 11 is 6.03. The number of halogens is 2. The van der Waals surface area contributed by atoms with Gasteiger partial charge >= 0.3 is 0 Å². The molecular weight excluding hydrogens is 570 g/mol. The third-order valence-electron chi connectivity index (χ3n) is 7.68. The van der Waals surface area contributed by atoms with Gasteiger partial charge in [0.05, 0.1) is 0 Å². The van der Waals surface area contributed by atoms with Crippen LogP contribution in [0.25, 0.3) is 22.3 Å². The molecule has 0 saturated heterocycles. The van der Waals surface area contributed by atoms with Gasteiger partial charge in [-0.15, -0.1) is 0 Å². The number of nitrogens with one attached hydrogen (secondary N) is 2. The van der Waals surface area contributed by atoms with E-state index in [1.54, 1.807) is 18.2 Å². The highest BCUT2D eigenvalue weighted by Crippen LogP contribution is 2.51. The van der Waals surface area contributed by atoms with Crippen molar-refractivity contribution in [3.63, 3.8) is 0 Å². The highest BCUT2D eigenvalue weighted by atomic mass is 35.5. The van der Waals surface area contributed by atoms with E-state index in [4.69, 9.17) is 16.1 Å². The van der Waals surface area contributed by atoms with Crippen molar-refractivity contribution in [3.05, 3.63) is 119 Å². The molecule has 2 N–H and O–H groups in total. The molecule has 2 unspecified atom stereocenters. The summed E-state index contributed by atoms with van der Waals surface area (Å²) in [6.45, 7) is 0.909. The SMILES string of the molecule is CC(NC(=O)c1ccccc1-c1ccc(Cl)cc1)OPCCCCC1(C(=O)NCF)c2ccccc2-c2ccccc21. The number of unbranched alkanes of at least 4 members (excludes halogenated alkanes) is 1. The van der Waals surface area contributed by atoms with Gasteiger partial charge in [0.2, 0.25) is 5.91 Å². The van der Waals surface area contributed by atoms with Gasteiger partial charge in [-0.2, -0.15) is 0 Å². The van der Waals surface area contributed by atoms with Gasteiger partial charge in [-0.1, -0.05) is 96.9 Å². The van der Waals surface area contributed by atoms with Crippen molar-refractivity contribution in [1.29, 1.82) is 0 Å². The van der Waals surface area contributed by atoms with Gasteiger partial charge in [0.1, 0.15) is 11.6 Å². The first kappa shape index (κ1) is 29.9. The molecule has 0 bridgehead atoms. The predicted molar refractivity (Wildman–Crippen MR) is 169 cm³/mol. The molecule has 216 valence electrons. The van der Waals surface area contributed by atoms with Crippen molar-refractivity contribution >= 4 is 32.2 Å². The van der Waals surface area contributed by atoms with Gasteiger partial charge in [-0.25, -0.2) is 4.39 Å². The van der Waals surface area contributed by atoms with Crippen LogP contribution in [0.1, 0.15) is 47.7 Å². The summed E-state index contributed by atoms with van der Waals surface area (Å²) in [6, 6.07) is 30.6. The van der Waals surface area contributed by atoms with Gasteiger partial charge < -0.3 is 15.2 Å². The predicted octanol–water partition coefficient (Wildman–Crippen LogP) is 7.87. The van der Waals surface area contributed by atoms with E-state index >= 15 is 0 Å². The monoisotopic (exact) mass is 602 g/mol. The van der Waals surface area contributed by atoms with Crippen LogP contribution in [0, 0.1) is 0 Å². The number of benzene rings is 4. The van der Waals surface area contributed by atoms with Gasteiger partial charge in [0.15, 0.2) is 6.80 Å². The number of carbonyl (C=O) groups excluding carboxylic acids is 2. The van der Waals surface area contributed by atoms with E-state index in [2.05, 4.69) is 10.6 Å². The first-order chi connectivity index (χ1) is 20.5. The topological polar surface area (TPSA) is 67.4 Å². The fraction of sp³-hybridized carbons (Fsp3) is 0.235. The molecule has 2 atom stereocenters. The summed E-state index contributed by atoms with van der Waals surface area (Å²) < 4.78 is 19.3. The highest BCUT2D eigenvalue weighted by molar-refractivity contribution is 7.32. The van der Waals surface area contributed by atoms with Crippen LogP contribution in [0.15, 0.2) is 97.1 Å². The summed E-state index contributed by atoms with van der Waals surface area (Å²) in [6.07, 6.45) is 2.46. The molecule has 2 amide bonds. The quantitative estimate of drug-likeness (QED) is 0.0750. The lowest BCUT2D eigenvalue weighted by molar-refractivity contribution is -0.126. The van der Waals surface area contributed by atoms with Crippen molar-refractivity contribution in [2.24, 2.45) is 0 Å². The number of hydrogen-bond acceptors (Lipinski definition) is 3. The number of alkyl halides is 1. The van der Waals surface area contributed by atoms with Crippen LogP contribution in [0.5, 0.6) is 0 Å². The molecule has 8 heteroatoms. The van der Waals surface area contributed by atoms with Gasteiger partial charge in [0.25, 0.3) is 5.91 Å². The number of carbonyl (C=O) groups is 2. The maximum absolute atomic E-state index is 13.4. The average Bonchev–Trinajstić information content (AvgIpc) is 3.30. The minimum Gasteiger partial charge on any atom is -0.339 e. The lowest BCUT2D eigenvalue weighted by Crippen LogP contribution is -2.44. The minimum absolute atomic E-state index is 0.180. The molecule has 0 radical (unpaired) electrons. The van der Waals surface area contributed by atoms with E-state index in [-0.39, 0.29) is 20.6 Å². The van der Waals surface area contributed by atoms with E-state index in [9.17, 15) is 14.0 Å². The zero-order chi connectivity index (χ0) is 29.5. The standard InChI is InChI=1S/C34H33ClFN2O3P/c1-23(38-32(39)29-13-3-2-10-26(29)24-16-18-25(35)19-17-24)41-42-21-9-8-20-34(33(40)37-22-36)30-14-6-4-11-27(30)28-12-5-7-15-31(28)34/h2-7,10-19,23,42H,8-9,20-22H2,1H3,(H,37,40)(H,38,39). The summed E-state index contributed by atoms with van der Waals surface area (Å²) in [4.78, 5) is 26.5. The van der Waals surface area contributed by atoms with E-state index in [0.717, 1.165) is 52.4 Å². The van der Waals surface area contributed by atoms with Gasteiger partial charge in [0, 0.05) is 19.4 Å². The molecule has 4 aromatic rings. The Morgan fingerprint density at radius 1 is 0.857 bits per heavy atom. The Bertz CT molecular complexity index is 1520. The molecule has 5 nitrogen and oxygen atoms in total. The zero-order valence-electron chi connectivity index (χ0n) is 23.3. The van der Waals surface area contributed by atoms with Crippen molar-refractivity contribution in [2.75, 3.05) is 13.0 Å². The third kappa shape index (κ3) is 6.12. The molecule has 1 aliphatic carbocycles. The molecule has 0 spiro atoms. The molecule has 0 saturated carbocycles. The van der Waals surface area contributed by atoms with Crippen LogP contribution >= 0.6 is 20.4 Å². The van der Waals surface area contributed by atoms with Crippen LogP contribution in [0.3, 0.4) is 0 Å². The molecule has 42 heavy (non-hydrogen) atoms. The molecule has 0 fully saturated rings. The van der Waals surface area contributed by atoms with Crippen LogP contribution in [-0.4, -0.2) is 31.0 Å². The lowest BCUT2D eigenvalue weighted by atomic mass is 9.73. The van der Waals surface area contributed by atoms with E-state index in [1.165, 1.54) is 0 Å². The van der Waals surface area contributed by atoms with Crippen molar-refractivity contribution < 1.29 is 18.5 Å². The highest BCUT2D eigenvalue weighted by Gasteiger charge is 2.48. The normalized spacial score (nSPS) is 13.9. The second-order valence-electron chi connectivity index (χ2n) is 10.3. The second-order valence-corrected chi connectivity index (χ2v) is 11.7. The first-order valence-electron chi connectivity index (χ1n) is 14.0. The van der Waals surface area contributed by atoms with Crippen LogP contribution < -0.4 is 10.6 Å². The molecular formula is C34H33ClFN2O3P. The summed E-state index contributed by atoms with van der Waals surface area (Å²) in [5.74, 6) is -0.520. The molecule has 0 heterocycles. The summed E-state index contributed by atoms with van der Waals surface area (Å²) in [5.41, 5.74) is 5.25. The van der Waals surface area contributed by atoms with E-state index in [0.29, 0.717) is 17.0 Å². The fourth-order valence-electron chi connectivity index (χ4n) is 5.79. The number of hydrogen-bond donors (Lipinski definition) is 2. The summed E-state index contributed by atoms with van der Waals surface area (Å²) in [7, 11) is 0.180. The minimum atomic E-state index is -0.929. The third-order valence-corrected chi connectivity index (χ3v) is 9.01. The van der Waals surface area contributed by atoms with Gasteiger partial charge in [-0.05, 0) is 77.5 Å². The van der Waals surface area contributed by atoms with Crippen molar-refractivity contribution in [2.45, 2.75) is 37.8 Å². The Balaban J connectivity index is 1.17. The van der Waals surface area contributed by atoms with Crippen molar-refractivity contribution in [3.8, 4) is 22.3 Å². The van der Waals surface area contributed by atoms with E-state index < -0.39 is 18.4 Å². The zero-order valence-corrected chi connectivity index (χ0v) is 25.1. The largest absolute Gasteiger partial charge is 0.339 e. The molecule has 5 rings (SSSR count). The fourth-order valence-corrected chi connectivity index (χ4v) is 6.74. The maximum atomic E-state index is 13.4. The number of fused-ring (bicyclic) bond motifs is 3. The molecule has 0 aliphatic heterocycles. The smallest absolute Gasteiger partial charge is 0.253 e. The van der Waals surface area contributed by atoms with E-state index in [1.807, 2.05) is 85.8 Å². The summed E-state index contributed by atoms with van der Waals surface area (Å²) in [5, 5.41) is 6.03. The first-order valence-corrected chi connectivity index (χ1v) is 15.5. The van der Waals surface area contributed by atoms with Crippen LogP contribution in [0.4, 0.5) is 4.39 Å². The van der Waals surface area contributed by atoms with Crippen LogP contribution in [-0.2, 0) is 14.7 Å². The Morgan fingerprint density at radius 2 is 1.45 bits per heavy atom. The Hall–Kier alpha value is -3.57. The maximum Gasteiger partial charge on any atom is 0.253 e. The number of amides is 2.